The molecule has 0 unspecified atom stereocenters. The van der Waals surface area contributed by atoms with Gasteiger partial charge in [0.2, 0.25) is 5.16 Å². The Hall–Kier alpha value is -0.980. The number of hydrogen-bond acceptors (Lipinski definition) is 4. The van der Waals surface area contributed by atoms with E-state index in [2.05, 4.69) is 15.5 Å². The van der Waals surface area contributed by atoms with E-state index in [4.69, 9.17) is 0 Å². The molecule has 1 aromatic rings. The van der Waals surface area contributed by atoms with Gasteiger partial charge in [-0.05, 0) is 22.9 Å². The first-order valence-corrected chi connectivity index (χ1v) is 4.55. The first-order valence-electron chi connectivity index (χ1n) is 3.56. The van der Waals surface area contributed by atoms with E-state index < -0.39 is 6.08 Å². The van der Waals surface area contributed by atoms with Crippen LogP contribution >= 0.6 is 11.8 Å². The maximum Gasteiger partial charge on any atom is 0.266 e. The molecule has 0 fully saturated rings. The highest BCUT2D eigenvalue weighted by Crippen LogP contribution is 2.14. The van der Waals surface area contributed by atoms with E-state index in [1.165, 1.54) is 16.4 Å². The molecule has 1 rings (SSSR count). The quantitative estimate of drug-likeness (QED) is 0.552. The monoisotopic (exact) mass is 206 g/mol. The smallest absolute Gasteiger partial charge is 0.224 e. The lowest BCUT2D eigenvalue weighted by Crippen LogP contribution is -1.93. The van der Waals surface area contributed by atoms with E-state index >= 15 is 0 Å². The van der Waals surface area contributed by atoms with Crippen LogP contribution in [0.15, 0.2) is 17.3 Å². The molecule has 4 nitrogen and oxygen atoms in total. The highest BCUT2D eigenvalue weighted by molar-refractivity contribution is 7.99. The van der Waals surface area contributed by atoms with Crippen LogP contribution in [-0.2, 0) is 7.05 Å². The zero-order valence-corrected chi connectivity index (χ0v) is 7.76. The van der Waals surface area contributed by atoms with Crippen molar-refractivity contribution in [2.75, 3.05) is 5.75 Å². The largest absolute Gasteiger partial charge is 0.266 e. The Morgan fingerprint density at radius 3 is 2.92 bits per heavy atom. The fourth-order valence-corrected chi connectivity index (χ4v) is 1.40. The van der Waals surface area contributed by atoms with Crippen molar-refractivity contribution in [3.63, 3.8) is 0 Å². The van der Waals surface area contributed by atoms with Gasteiger partial charge in [0.15, 0.2) is 0 Å². The van der Waals surface area contributed by atoms with Gasteiger partial charge in [-0.2, -0.15) is 8.78 Å². The number of rotatable bonds is 4. The van der Waals surface area contributed by atoms with Crippen LogP contribution in [0, 0.1) is 0 Å². The number of aryl methyl sites for hydroxylation is 1. The Balaban J connectivity index is 2.28. The Kier molecular flexibility index (Phi) is 3.81. The van der Waals surface area contributed by atoms with Crippen molar-refractivity contribution in [3.05, 3.63) is 12.2 Å². The van der Waals surface area contributed by atoms with Crippen molar-refractivity contribution in [2.45, 2.75) is 11.6 Å². The minimum atomic E-state index is -1.64. The van der Waals surface area contributed by atoms with Gasteiger partial charge >= 0.3 is 0 Å². The van der Waals surface area contributed by atoms with Gasteiger partial charge in [0, 0.05) is 12.8 Å². The Labute approximate surface area is 78.0 Å². The summed E-state index contributed by atoms with van der Waals surface area (Å²) in [6, 6.07) is 0. The SMILES string of the molecule is Cn1nnnc1SCCC=C(F)F. The second-order valence-corrected chi connectivity index (χ2v) is 3.28. The minimum absolute atomic E-state index is 0.319. The lowest BCUT2D eigenvalue weighted by atomic mass is 10.5. The predicted molar refractivity (Wildman–Crippen MR) is 44.4 cm³/mol. The molecule has 72 valence electrons. The molecular formula is C6H8F2N4S. The molecular weight excluding hydrogens is 198 g/mol. The Morgan fingerprint density at radius 1 is 1.62 bits per heavy atom. The van der Waals surface area contributed by atoms with Crippen molar-refractivity contribution in [1.29, 1.82) is 0 Å². The Morgan fingerprint density at radius 2 is 2.38 bits per heavy atom. The summed E-state index contributed by atoms with van der Waals surface area (Å²) in [6.45, 7) is 0. The van der Waals surface area contributed by atoms with E-state index in [1.54, 1.807) is 7.05 Å². The number of nitrogens with zero attached hydrogens (tertiary/aromatic N) is 4. The molecule has 1 aromatic heterocycles. The fraction of sp³-hybridized carbons (Fsp3) is 0.500. The van der Waals surface area contributed by atoms with Gasteiger partial charge in [0.25, 0.3) is 6.08 Å². The number of allylic oxidation sites excluding steroid dienone is 1. The molecule has 0 atom stereocenters. The molecule has 0 amide bonds. The van der Waals surface area contributed by atoms with Gasteiger partial charge in [-0.25, -0.2) is 4.68 Å². The van der Waals surface area contributed by atoms with Gasteiger partial charge in [-0.15, -0.1) is 5.10 Å². The molecule has 0 aliphatic heterocycles. The summed E-state index contributed by atoms with van der Waals surface area (Å²) >= 11 is 1.34. The van der Waals surface area contributed by atoms with Crippen LogP contribution in [-0.4, -0.2) is 26.0 Å². The zero-order chi connectivity index (χ0) is 9.68. The highest BCUT2D eigenvalue weighted by Gasteiger charge is 2.00. The second kappa shape index (κ2) is 4.90. The summed E-state index contributed by atoms with van der Waals surface area (Å²) in [5.74, 6) is 0.547. The molecule has 0 saturated heterocycles. The molecule has 0 radical (unpaired) electrons. The molecule has 0 aliphatic rings. The first-order chi connectivity index (χ1) is 6.20. The van der Waals surface area contributed by atoms with Crippen molar-refractivity contribution >= 4 is 11.8 Å². The molecule has 13 heavy (non-hydrogen) atoms. The summed E-state index contributed by atoms with van der Waals surface area (Å²) in [4.78, 5) is 0. The maximum absolute atomic E-state index is 11.6. The second-order valence-electron chi connectivity index (χ2n) is 2.22. The van der Waals surface area contributed by atoms with Gasteiger partial charge in [0.05, 0.1) is 0 Å². The molecule has 0 N–H and O–H groups in total. The zero-order valence-electron chi connectivity index (χ0n) is 6.94. The molecule has 0 aromatic carbocycles. The predicted octanol–water partition coefficient (Wildman–Crippen LogP) is 1.47. The van der Waals surface area contributed by atoms with Crippen molar-refractivity contribution in [3.8, 4) is 0 Å². The van der Waals surface area contributed by atoms with E-state index in [-0.39, 0.29) is 0 Å². The third-order valence-corrected chi connectivity index (χ3v) is 2.27. The van der Waals surface area contributed by atoms with E-state index in [0.29, 0.717) is 17.3 Å². The van der Waals surface area contributed by atoms with Crippen LogP contribution in [0.2, 0.25) is 0 Å². The van der Waals surface area contributed by atoms with Gasteiger partial charge in [-0.1, -0.05) is 11.8 Å². The fourth-order valence-electron chi connectivity index (χ4n) is 0.662. The summed E-state index contributed by atoms with van der Waals surface area (Å²) in [7, 11) is 1.70. The van der Waals surface area contributed by atoms with Gasteiger partial charge in [-0.3, -0.25) is 0 Å². The van der Waals surface area contributed by atoms with Crippen LogP contribution in [0.4, 0.5) is 8.78 Å². The molecule has 7 heteroatoms. The standard InChI is InChI=1S/C6H8F2N4S/c1-12-6(9-10-11-12)13-4-2-3-5(7)8/h3H,2,4H2,1H3. The maximum atomic E-state index is 11.6. The van der Waals surface area contributed by atoms with Crippen LogP contribution in [0.25, 0.3) is 0 Å². The lowest BCUT2D eigenvalue weighted by Gasteiger charge is -1.94. The lowest BCUT2D eigenvalue weighted by molar-refractivity contribution is 0.418. The molecule has 0 aliphatic carbocycles. The third kappa shape index (κ3) is 3.49. The topological polar surface area (TPSA) is 43.6 Å². The number of thioether (sulfide) groups is 1. The molecule has 0 saturated carbocycles. The molecule has 1 heterocycles. The van der Waals surface area contributed by atoms with Crippen LogP contribution in [0.1, 0.15) is 6.42 Å². The van der Waals surface area contributed by atoms with Crippen molar-refractivity contribution < 1.29 is 8.78 Å². The number of hydrogen-bond donors (Lipinski definition) is 0. The third-order valence-electron chi connectivity index (χ3n) is 1.23. The van der Waals surface area contributed by atoms with E-state index in [1.807, 2.05) is 0 Å². The highest BCUT2D eigenvalue weighted by atomic mass is 32.2. The summed E-state index contributed by atoms with van der Waals surface area (Å²) in [5, 5.41) is 11.3. The van der Waals surface area contributed by atoms with E-state index in [0.717, 1.165) is 6.08 Å². The number of halogens is 2. The summed E-state index contributed by atoms with van der Waals surface area (Å²) in [6.07, 6.45) is -0.437. The van der Waals surface area contributed by atoms with Crippen molar-refractivity contribution in [1.82, 2.24) is 20.2 Å². The van der Waals surface area contributed by atoms with Crippen LogP contribution in [0.3, 0.4) is 0 Å². The first kappa shape index (κ1) is 10.1. The summed E-state index contributed by atoms with van der Waals surface area (Å²) in [5.41, 5.74) is 0. The van der Waals surface area contributed by atoms with Gasteiger partial charge < -0.3 is 0 Å². The molecule has 0 bridgehead atoms. The average Bonchev–Trinajstić information content (AvgIpc) is 2.45. The minimum Gasteiger partial charge on any atom is -0.224 e. The normalized spacial score (nSPS) is 10.1. The van der Waals surface area contributed by atoms with E-state index in [9.17, 15) is 8.78 Å². The number of aromatic nitrogens is 4. The number of tetrazole rings is 1. The molecule has 0 spiro atoms. The van der Waals surface area contributed by atoms with Crippen molar-refractivity contribution in [2.24, 2.45) is 7.05 Å². The Bertz CT molecular complexity index is 295. The average molecular weight is 206 g/mol. The van der Waals surface area contributed by atoms with Gasteiger partial charge in [0.1, 0.15) is 0 Å². The van der Waals surface area contributed by atoms with Crippen LogP contribution < -0.4 is 0 Å². The summed E-state index contributed by atoms with van der Waals surface area (Å²) < 4.78 is 24.7. The van der Waals surface area contributed by atoms with Crippen LogP contribution in [0.5, 0.6) is 0 Å².